The van der Waals surface area contributed by atoms with Gasteiger partial charge in [0.15, 0.2) is 5.82 Å². The number of piperazine rings is 1. The zero-order valence-corrected chi connectivity index (χ0v) is 20.1. The van der Waals surface area contributed by atoms with Crippen molar-refractivity contribution >= 4 is 10.0 Å². The molecule has 0 unspecified atom stereocenters. The van der Waals surface area contributed by atoms with Gasteiger partial charge in [-0.2, -0.15) is 9.29 Å². The van der Waals surface area contributed by atoms with Gasteiger partial charge in [-0.3, -0.25) is 4.90 Å². The van der Waals surface area contributed by atoms with Gasteiger partial charge in [-0.15, -0.1) is 0 Å². The van der Waals surface area contributed by atoms with E-state index in [0.29, 0.717) is 55.3 Å². The van der Waals surface area contributed by atoms with Crippen molar-refractivity contribution in [3.8, 4) is 0 Å². The Kier molecular flexibility index (Phi) is 6.69. The maximum Gasteiger partial charge on any atom is 0.243 e. The third-order valence-corrected chi connectivity index (χ3v) is 8.49. The second-order valence-electron chi connectivity index (χ2n) is 8.84. The number of benzene rings is 1. The first-order chi connectivity index (χ1) is 14.0. The van der Waals surface area contributed by atoms with E-state index in [0.717, 1.165) is 28.7 Å². The molecule has 0 radical (unpaired) electrons. The second-order valence-corrected chi connectivity index (χ2v) is 10.7. The summed E-state index contributed by atoms with van der Waals surface area (Å²) in [6.07, 6.45) is 0.771. The molecule has 0 amide bonds. The van der Waals surface area contributed by atoms with Crippen LogP contribution in [0.2, 0.25) is 0 Å². The van der Waals surface area contributed by atoms with Gasteiger partial charge in [0.05, 0.1) is 11.4 Å². The Morgan fingerprint density at radius 3 is 1.97 bits per heavy atom. The van der Waals surface area contributed by atoms with Crippen molar-refractivity contribution in [1.82, 2.24) is 19.3 Å². The lowest BCUT2D eigenvalue weighted by molar-refractivity contribution is 0.176. The Morgan fingerprint density at radius 1 is 0.900 bits per heavy atom. The van der Waals surface area contributed by atoms with Crippen molar-refractivity contribution in [2.75, 3.05) is 26.2 Å². The van der Waals surface area contributed by atoms with E-state index in [-0.39, 0.29) is 0 Å². The highest BCUT2D eigenvalue weighted by molar-refractivity contribution is 7.89. The van der Waals surface area contributed by atoms with E-state index in [9.17, 15) is 8.42 Å². The standard InChI is InChI=1S/C22H34N4O3S/c1-14(2)12-21-23-20(24-29-21)13-25-8-10-26(11-9-25)30(27,28)22-18(6)16(4)15(3)17(5)19(22)7/h14H,8-13H2,1-7H3. The molecule has 7 nitrogen and oxygen atoms in total. The largest absolute Gasteiger partial charge is 0.339 e. The van der Waals surface area contributed by atoms with Crippen LogP contribution in [0.1, 0.15) is 53.4 Å². The van der Waals surface area contributed by atoms with E-state index in [1.807, 2.05) is 27.7 Å². The van der Waals surface area contributed by atoms with Crippen LogP contribution in [0.25, 0.3) is 0 Å². The first-order valence-corrected chi connectivity index (χ1v) is 12.1. The van der Waals surface area contributed by atoms with Crippen molar-refractivity contribution in [2.24, 2.45) is 5.92 Å². The summed E-state index contributed by atoms with van der Waals surface area (Å²) in [7, 11) is -3.53. The lowest BCUT2D eigenvalue weighted by atomic mass is 9.95. The highest BCUT2D eigenvalue weighted by Gasteiger charge is 2.32. The molecule has 1 aromatic carbocycles. The Labute approximate surface area is 180 Å². The van der Waals surface area contributed by atoms with Crippen molar-refractivity contribution in [2.45, 2.75) is 66.3 Å². The molecule has 1 aliphatic heterocycles. The maximum atomic E-state index is 13.5. The number of rotatable bonds is 6. The molecule has 0 bridgehead atoms. The van der Waals surface area contributed by atoms with E-state index in [4.69, 9.17) is 4.52 Å². The molecule has 0 atom stereocenters. The van der Waals surface area contributed by atoms with Crippen LogP contribution in [-0.4, -0.2) is 53.9 Å². The van der Waals surface area contributed by atoms with Crippen LogP contribution in [0, 0.1) is 40.5 Å². The molecule has 2 heterocycles. The molecule has 1 aliphatic rings. The van der Waals surface area contributed by atoms with Crippen LogP contribution in [0.5, 0.6) is 0 Å². The molecule has 0 aliphatic carbocycles. The van der Waals surface area contributed by atoms with Crippen molar-refractivity contribution in [3.05, 3.63) is 39.5 Å². The highest BCUT2D eigenvalue weighted by Crippen LogP contribution is 2.32. The van der Waals surface area contributed by atoms with Crippen molar-refractivity contribution in [1.29, 1.82) is 0 Å². The molecule has 0 spiro atoms. The lowest BCUT2D eigenvalue weighted by Gasteiger charge is -2.34. The van der Waals surface area contributed by atoms with Crippen molar-refractivity contribution < 1.29 is 12.9 Å². The molecule has 30 heavy (non-hydrogen) atoms. The van der Waals surface area contributed by atoms with E-state index in [1.54, 1.807) is 4.31 Å². The molecule has 1 saturated heterocycles. The molecule has 3 rings (SSSR count). The average molecular weight is 435 g/mol. The van der Waals surface area contributed by atoms with Gasteiger partial charge in [0.2, 0.25) is 15.9 Å². The van der Waals surface area contributed by atoms with E-state index >= 15 is 0 Å². The first kappa shape index (κ1) is 22.9. The quantitative estimate of drug-likeness (QED) is 0.694. The third kappa shape index (κ3) is 4.45. The van der Waals surface area contributed by atoms with Gasteiger partial charge in [0.25, 0.3) is 0 Å². The van der Waals surface area contributed by atoms with Gasteiger partial charge in [0.1, 0.15) is 0 Å². The van der Waals surface area contributed by atoms with E-state index in [2.05, 4.69) is 35.8 Å². The summed E-state index contributed by atoms with van der Waals surface area (Å²) < 4.78 is 33.9. The topological polar surface area (TPSA) is 79.5 Å². The zero-order valence-electron chi connectivity index (χ0n) is 19.2. The highest BCUT2D eigenvalue weighted by atomic mass is 32.2. The van der Waals surface area contributed by atoms with Crippen LogP contribution < -0.4 is 0 Å². The van der Waals surface area contributed by atoms with Crippen LogP contribution >= 0.6 is 0 Å². The third-order valence-electron chi connectivity index (χ3n) is 6.32. The SMILES string of the molecule is Cc1c(C)c(C)c(S(=O)(=O)N2CCN(Cc3noc(CC(C)C)n3)CC2)c(C)c1C. The number of hydrogen-bond acceptors (Lipinski definition) is 6. The Bertz CT molecular complexity index is 990. The van der Waals surface area contributed by atoms with Crippen LogP contribution in [0.4, 0.5) is 0 Å². The Hall–Kier alpha value is -1.77. The number of sulfonamides is 1. The van der Waals surface area contributed by atoms with Crippen LogP contribution in [-0.2, 0) is 23.0 Å². The first-order valence-electron chi connectivity index (χ1n) is 10.6. The lowest BCUT2D eigenvalue weighted by Crippen LogP contribution is -2.48. The van der Waals surface area contributed by atoms with Gasteiger partial charge in [-0.05, 0) is 68.4 Å². The zero-order chi connectivity index (χ0) is 22.2. The summed E-state index contributed by atoms with van der Waals surface area (Å²) in [5.41, 5.74) is 5.02. The van der Waals surface area contributed by atoms with Crippen LogP contribution in [0.15, 0.2) is 9.42 Å². The summed E-state index contributed by atoms with van der Waals surface area (Å²) in [4.78, 5) is 7.12. The Morgan fingerprint density at radius 2 is 1.43 bits per heavy atom. The molecule has 1 fully saturated rings. The fourth-order valence-corrected chi connectivity index (χ4v) is 6.08. The summed E-state index contributed by atoms with van der Waals surface area (Å²) in [6.45, 7) is 16.9. The van der Waals surface area contributed by atoms with Crippen molar-refractivity contribution in [3.63, 3.8) is 0 Å². The number of nitrogens with zero attached hydrogens (tertiary/aromatic N) is 4. The molecule has 0 saturated carbocycles. The number of aromatic nitrogens is 2. The molecular formula is C22H34N4O3S. The van der Waals surface area contributed by atoms with Gasteiger partial charge in [-0.1, -0.05) is 19.0 Å². The summed E-state index contributed by atoms with van der Waals surface area (Å²) in [5, 5.41) is 4.07. The fraction of sp³-hybridized carbons (Fsp3) is 0.636. The summed E-state index contributed by atoms with van der Waals surface area (Å²) in [6, 6.07) is 0. The normalized spacial score (nSPS) is 16.5. The average Bonchev–Trinajstić information content (AvgIpc) is 3.11. The van der Waals surface area contributed by atoms with Crippen LogP contribution in [0.3, 0.4) is 0 Å². The Balaban J connectivity index is 1.71. The number of hydrogen-bond donors (Lipinski definition) is 0. The predicted molar refractivity (Wildman–Crippen MR) is 117 cm³/mol. The minimum Gasteiger partial charge on any atom is -0.339 e. The minimum atomic E-state index is -3.53. The molecule has 166 valence electrons. The minimum absolute atomic E-state index is 0.462. The molecule has 1 aromatic heterocycles. The van der Waals surface area contributed by atoms with Gasteiger partial charge in [-0.25, -0.2) is 8.42 Å². The van der Waals surface area contributed by atoms with E-state index in [1.165, 1.54) is 5.56 Å². The maximum absolute atomic E-state index is 13.5. The van der Waals surface area contributed by atoms with E-state index < -0.39 is 10.0 Å². The predicted octanol–water partition coefficient (Wildman–Crippen LogP) is 3.32. The molecular weight excluding hydrogens is 400 g/mol. The molecule has 8 heteroatoms. The second kappa shape index (κ2) is 8.77. The molecule has 2 aromatic rings. The van der Waals surface area contributed by atoms with Gasteiger partial charge >= 0.3 is 0 Å². The smallest absolute Gasteiger partial charge is 0.243 e. The van der Waals surface area contributed by atoms with Gasteiger partial charge in [0, 0.05) is 32.6 Å². The fourth-order valence-electron chi connectivity index (χ4n) is 4.10. The monoisotopic (exact) mass is 434 g/mol. The van der Waals surface area contributed by atoms with Gasteiger partial charge < -0.3 is 4.52 Å². The molecule has 0 N–H and O–H groups in total. The summed E-state index contributed by atoms with van der Waals surface area (Å²) >= 11 is 0. The summed E-state index contributed by atoms with van der Waals surface area (Å²) in [5.74, 6) is 1.80.